The van der Waals surface area contributed by atoms with Crippen LogP contribution in [0.5, 0.6) is 0 Å². The molecule has 0 saturated carbocycles. The van der Waals surface area contributed by atoms with E-state index in [4.69, 9.17) is 23.2 Å². The molecule has 28 heavy (non-hydrogen) atoms. The largest absolute Gasteiger partial charge is 0.377 e. The summed E-state index contributed by atoms with van der Waals surface area (Å²) in [4.78, 5) is 14.3. The van der Waals surface area contributed by atoms with E-state index >= 15 is 0 Å². The molecule has 152 valence electrons. The molecule has 0 spiro atoms. The molecule has 0 atom stereocenters. The Kier molecular flexibility index (Phi) is 7.20. The van der Waals surface area contributed by atoms with Gasteiger partial charge >= 0.3 is 0 Å². The molecule has 0 aliphatic carbocycles. The number of benzene rings is 2. The number of sulfonamides is 1. The Bertz CT molecular complexity index is 976. The monoisotopic (exact) mass is 443 g/mol. The van der Waals surface area contributed by atoms with E-state index in [0.29, 0.717) is 23.7 Å². The maximum absolute atomic E-state index is 12.7. The van der Waals surface area contributed by atoms with Gasteiger partial charge in [0.25, 0.3) is 15.9 Å². The number of carbonyl (C=O) groups is 1. The zero-order chi connectivity index (χ0) is 21.1. The van der Waals surface area contributed by atoms with Crippen molar-refractivity contribution in [1.82, 2.24) is 5.32 Å². The molecular formula is C19H23Cl2N3O3S. The van der Waals surface area contributed by atoms with E-state index in [1.807, 2.05) is 27.9 Å². The van der Waals surface area contributed by atoms with Crippen LogP contribution in [-0.4, -0.2) is 35.0 Å². The zero-order valence-corrected chi connectivity index (χ0v) is 18.4. The van der Waals surface area contributed by atoms with Gasteiger partial charge in [-0.15, -0.1) is 0 Å². The van der Waals surface area contributed by atoms with Gasteiger partial charge in [-0.25, -0.2) is 8.42 Å². The highest BCUT2D eigenvalue weighted by molar-refractivity contribution is 7.92. The molecule has 0 aromatic heterocycles. The van der Waals surface area contributed by atoms with E-state index in [1.165, 1.54) is 24.3 Å². The third kappa shape index (κ3) is 5.53. The fourth-order valence-corrected chi connectivity index (χ4v) is 4.27. The zero-order valence-electron chi connectivity index (χ0n) is 16.1. The first kappa shape index (κ1) is 22.3. The maximum Gasteiger partial charge on any atom is 0.263 e. The van der Waals surface area contributed by atoms with Crippen molar-refractivity contribution in [3.8, 4) is 0 Å². The van der Waals surface area contributed by atoms with Crippen LogP contribution in [0, 0.1) is 5.92 Å². The number of halogens is 2. The fraction of sp³-hybridized carbons (Fsp3) is 0.316. The fourth-order valence-electron chi connectivity index (χ4n) is 2.46. The lowest BCUT2D eigenvalue weighted by atomic mass is 10.1. The molecule has 2 rings (SSSR count). The summed E-state index contributed by atoms with van der Waals surface area (Å²) < 4.78 is 27.9. The Balaban J connectivity index is 2.39. The van der Waals surface area contributed by atoms with Crippen molar-refractivity contribution in [2.75, 3.05) is 30.3 Å². The summed E-state index contributed by atoms with van der Waals surface area (Å²) >= 11 is 11.9. The number of carbonyl (C=O) groups excluding carboxylic acids is 1. The minimum atomic E-state index is -3.98. The highest BCUT2D eigenvalue weighted by Crippen LogP contribution is 2.29. The lowest BCUT2D eigenvalue weighted by Gasteiger charge is -2.19. The van der Waals surface area contributed by atoms with Crippen molar-refractivity contribution in [2.24, 2.45) is 5.92 Å². The van der Waals surface area contributed by atoms with Gasteiger partial charge in [0.05, 0.1) is 10.6 Å². The van der Waals surface area contributed by atoms with E-state index in [1.54, 1.807) is 17.0 Å². The number of hydrogen-bond acceptors (Lipinski definition) is 4. The van der Waals surface area contributed by atoms with Crippen molar-refractivity contribution in [3.05, 3.63) is 52.0 Å². The Morgan fingerprint density at radius 3 is 2.39 bits per heavy atom. The van der Waals surface area contributed by atoms with Gasteiger partial charge < -0.3 is 10.2 Å². The topological polar surface area (TPSA) is 78.5 Å². The number of rotatable bonds is 7. The maximum atomic E-state index is 12.7. The van der Waals surface area contributed by atoms with Crippen LogP contribution in [-0.2, 0) is 10.0 Å². The summed E-state index contributed by atoms with van der Waals surface area (Å²) in [6.45, 7) is 4.50. The highest BCUT2D eigenvalue weighted by Gasteiger charge is 2.21. The number of nitrogens with zero attached hydrogens (tertiary/aromatic N) is 1. The minimum absolute atomic E-state index is 0.0525. The molecule has 0 aliphatic heterocycles. The van der Waals surface area contributed by atoms with E-state index in [2.05, 4.69) is 10.0 Å². The van der Waals surface area contributed by atoms with E-state index in [-0.39, 0.29) is 26.5 Å². The normalized spacial score (nSPS) is 11.4. The van der Waals surface area contributed by atoms with Crippen LogP contribution in [0.15, 0.2) is 41.3 Å². The van der Waals surface area contributed by atoms with Gasteiger partial charge in [0.2, 0.25) is 0 Å². The van der Waals surface area contributed by atoms with E-state index in [0.717, 1.165) is 0 Å². The second-order valence-electron chi connectivity index (χ2n) is 6.91. The van der Waals surface area contributed by atoms with Crippen LogP contribution in [0.3, 0.4) is 0 Å². The van der Waals surface area contributed by atoms with Gasteiger partial charge in [0, 0.05) is 37.0 Å². The predicted octanol–water partition coefficient (Wildman–Crippen LogP) is 4.25. The summed E-state index contributed by atoms with van der Waals surface area (Å²) in [6, 6.07) is 8.97. The number of anilines is 2. The molecule has 6 nitrogen and oxygen atoms in total. The molecule has 0 saturated heterocycles. The van der Waals surface area contributed by atoms with Gasteiger partial charge in [-0.2, -0.15) is 0 Å². The van der Waals surface area contributed by atoms with Crippen LogP contribution in [0.2, 0.25) is 10.0 Å². The van der Waals surface area contributed by atoms with Gasteiger partial charge in [-0.1, -0.05) is 37.0 Å². The Labute approximate surface area is 175 Å². The molecule has 1 amide bonds. The highest BCUT2D eigenvalue weighted by atomic mass is 35.5. The van der Waals surface area contributed by atoms with Crippen molar-refractivity contribution in [3.63, 3.8) is 0 Å². The lowest BCUT2D eigenvalue weighted by molar-refractivity contribution is 0.0949. The van der Waals surface area contributed by atoms with Gasteiger partial charge in [-0.3, -0.25) is 9.52 Å². The minimum Gasteiger partial charge on any atom is -0.377 e. The van der Waals surface area contributed by atoms with E-state index < -0.39 is 10.0 Å². The standard InChI is InChI=1S/C19H23Cl2N3O3S/c1-12(2)11-22-19(25)15-10-14(6-8-17(15)24(3)4)23-28(26,27)18-9-13(20)5-7-16(18)21/h5-10,12,23H,11H2,1-4H3,(H,22,25). The molecule has 0 bridgehead atoms. The molecule has 0 fully saturated rings. The molecule has 9 heteroatoms. The quantitative estimate of drug-likeness (QED) is 0.670. The third-order valence-electron chi connectivity index (χ3n) is 3.83. The summed E-state index contributed by atoms with van der Waals surface area (Å²) in [5.41, 5.74) is 1.28. The summed E-state index contributed by atoms with van der Waals surface area (Å²) in [5.74, 6) is 0.0117. The molecule has 0 heterocycles. The SMILES string of the molecule is CC(C)CNC(=O)c1cc(NS(=O)(=O)c2cc(Cl)ccc2Cl)ccc1N(C)C. The van der Waals surface area contributed by atoms with Crippen molar-refractivity contribution >= 4 is 50.5 Å². The number of nitrogens with one attached hydrogen (secondary N) is 2. The Morgan fingerprint density at radius 2 is 1.79 bits per heavy atom. The molecular weight excluding hydrogens is 421 g/mol. The third-order valence-corrected chi connectivity index (χ3v) is 5.93. The molecule has 0 unspecified atom stereocenters. The molecule has 0 radical (unpaired) electrons. The number of amides is 1. The van der Waals surface area contributed by atoms with Crippen molar-refractivity contribution < 1.29 is 13.2 Å². The summed E-state index contributed by atoms with van der Waals surface area (Å²) in [5, 5.41) is 3.15. The summed E-state index contributed by atoms with van der Waals surface area (Å²) in [6.07, 6.45) is 0. The first-order valence-electron chi connectivity index (χ1n) is 8.58. The average molecular weight is 444 g/mol. The average Bonchev–Trinajstić information content (AvgIpc) is 2.60. The molecule has 2 aromatic carbocycles. The molecule has 0 aliphatic rings. The molecule has 2 aromatic rings. The first-order chi connectivity index (χ1) is 13.0. The van der Waals surface area contributed by atoms with Crippen LogP contribution in [0.25, 0.3) is 0 Å². The van der Waals surface area contributed by atoms with Crippen LogP contribution in [0.1, 0.15) is 24.2 Å². The van der Waals surface area contributed by atoms with Crippen LogP contribution >= 0.6 is 23.2 Å². The second kappa shape index (κ2) is 9.03. The Hall–Kier alpha value is -1.96. The van der Waals surface area contributed by atoms with E-state index in [9.17, 15) is 13.2 Å². The van der Waals surface area contributed by atoms with Gasteiger partial charge in [0.15, 0.2) is 0 Å². The van der Waals surface area contributed by atoms with Crippen molar-refractivity contribution in [1.29, 1.82) is 0 Å². The predicted molar refractivity (Wildman–Crippen MR) is 115 cm³/mol. The number of hydrogen-bond donors (Lipinski definition) is 2. The summed E-state index contributed by atoms with van der Waals surface area (Å²) in [7, 11) is -0.360. The molecule has 2 N–H and O–H groups in total. The second-order valence-corrected chi connectivity index (χ2v) is 9.40. The van der Waals surface area contributed by atoms with Crippen molar-refractivity contribution in [2.45, 2.75) is 18.7 Å². The lowest BCUT2D eigenvalue weighted by Crippen LogP contribution is -2.29. The smallest absolute Gasteiger partial charge is 0.263 e. The Morgan fingerprint density at radius 1 is 1.11 bits per heavy atom. The van der Waals surface area contributed by atoms with Crippen LogP contribution in [0.4, 0.5) is 11.4 Å². The van der Waals surface area contributed by atoms with Crippen LogP contribution < -0.4 is 14.9 Å². The first-order valence-corrected chi connectivity index (χ1v) is 10.8. The van der Waals surface area contributed by atoms with Gasteiger partial charge in [0.1, 0.15) is 4.90 Å². The van der Waals surface area contributed by atoms with Gasteiger partial charge in [-0.05, 0) is 42.3 Å².